The number of nitrogens with one attached hydrogen (secondary N) is 1. The van der Waals surface area contributed by atoms with Crippen LogP contribution in [-0.4, -0.2) is 9.97 Å². The van der Waals surface area contributed by atoms with E-state index in [0.717, 1.165) is 9.99 Å². The second-order valence-electron chi connectivity index (χ2n) is 2.51. The quantitative estimate of drug-likeness (QED) is 0.812. The Morgan fingerprint density at radius 3 is 2.77 bits per heavy atom. The highest BCUT2D eigenvalue weighted by atomic mass is 79.9. The molecular formula is C8H4Br2N2O. The van der Waals surface area contributed by atoms with Crippen LogP contribution in [0.5, 0.6) is 0 Å². The third-order valence-corrected chi connectivity index (χ3v) is 2.89. The van der Waals surface area contributed by atoms with E-state index in [2.05, 4.69) is 41.8 Å². The lowest BCUT2D eigenvalue weighted by Crippen LogP contribution is -2.03. The van der Waals surface area contributed by atoms with Gasteiger partial charge in [-0.05, 0) is 31.9 Å². The fourth-order valence-corrected chi connectivity index (χ4v) is 1.86. The average molecular weight is 304 g/mol. The van der Waals surface area contributed by atoms with E-state index in [1.165, 1.54) is 0 Å². The standard InChI is InChI=1S/C8H4Br2N2O/c9-5-2-11-1-4-7(5)12-3-6(10)8(4)13/h1-3H,(H,12,13). The Morgan fingerprint density at radius 1 is 1.23 bits per heavy atom. The van der Waals surface area contributed by atoms with Gasteiger partial charge in [-0.25, -0.2) is 0 Å². The lowest BCUT2D eigenvalue weighted by atomic mass is 10.3. The lowest BCUT2D eigenvalue weighted by molar-refractivity contribution is 1.28. The van der Waals surface area contributed by atoms with Gasteiger partial charge < -0.3 is 4.98 Å². The van der Waals surface area contributed by atoms with E-state index in [9.17, 15) is 4.79 Å². The second kappa shape index (κ2) is 3.23. The van der Waals surface area contributed by atoms with Crippen molar-refractivity contribution in [2.24, 2.45) is 0 Å². The summed E-state index contributed by atoms with van der Waals surface area (Å²) in [6.07, 6.45) is 4.81. The van der Waals surface area contributed by atoms with Crippen molar-refractivity contribution < 1.29 is 0 Å². The summed E-state index contributed by atoms with van der Waals surface area (Å²) in [4.78, 5) is 18.5. The molecule has 0 fully saturated rings. The molecule has 2 aromatic rings. The van der Waals surface area contributed by atoms with Gasteiger partial charge in [-0.3, -0.25) is 9.78 Å². The molecule has 3 nitrogen and oxygen atoms in total. The molecule has 0 aliphatic heterocycles. The number of pyridine rings is 2. The predicted molar refractivity (Wildman–Crippen MR) is 57.8 cm³/mol. The molecular weight excluding hydrogens is 300 g/mol. The Morgan fingerprint density at radius 2 is 2.00 bits per heavy atom. The number of nitrogens with zero attached hydrogens (tertiary/aromatic N) is 1. The zero-order chi connectivity index (χ0) is 9.42. The highest BCUT2D eigenvalue weighted by molar-refractivity contribution is 9.11. The predicted octanol–water partition coefficient (Wildman–Crippen LogP) is 2.45. The molecule has 0 saturated carbocycles. The zero-order valence-corrected chi connectivity index (χ0v) is 9.52. The van der Waals surface area contributed by atoms with Gasteiger partial charge in [-0.1, -0.05) is 0 Å². The molecule has 0 bridgehead atoms. The SMILES string of the molecule is O=c1c(Br)c[nH]c2c(Br)cncc12. The fraction of sp³-hybridized carbons (Fsp3) is 0. The summed E-state index contributed by atoms with van der Waals surface area (Å²) in [6, 6.07) is 0. The number of aromatic nitrogens is 2. The van der Waals surface area contributed by atoms with Crippen LogP contribution < -0.4 is 5.43 Å². The Labute approximate surface area is 90.4 Å². The van der Waals surface area contributed by atoms with Crippen LogP contribution in [0.3, 0.4) is 0 Å². The maximum atomic E-state index is 11.6. The molecule has 0 unspecified atom stereocenters. The number of fused-ring (bicyclic) bond motifs is 1. The first kappa shape index (κ1) is 8.90. The molecule has 66 valence electrons. The first-order valence-corrected chi connectivity index (χ1v) is 5.09. The lowest BCUT2D eigenvalue weighted by Gasteiger charge is -1.99. The third kappa shape index (κ3) is 1.42. The topological polar surface area (TPSA) is 45.8 Å². The fourth-order valence-electron chi connectivity index (χ4n) is 1.08. The highest BCUT2D eigenvalue weighted by Crippen LogP contribution is 2.18. The molecule has 1 N–H and O–H groups in total. The average Bonchev–Trinajstić information content (AvgIpc) is 2.12. The third-order valence-electron chi connectivity index (χ3n) is 1.70. The maximum Gasteiger partial charge on any atom is 0.205 e. The summed E-state index contributed by atoms with van der Waals surface area (Å²) in [5.41, 5.74) is 0.714. The Bertz CT molecular complexity index is 521. The van der Waals surface area contributed by atoms with E-state index in [0.29, 0.717) is 9.86 Å². The van der Waals surface area contributed by atoms with Crippen molar-refractivity contribution >= 4 is 42.8 Å². The Balaban J connectivity index is 3.03. The summed E-state index contributed by atoms with van der Waals surface area (Å²) in [5.74, 6) is 0. The minimum absolute atomic E-state index is 0.0532. The van der Waals surface area contributed by atoms with Crippen molar-refractivity contribution in [3.05, 3.63) is 37.8 Å². The van der Waals surface area contributed by atoms with Crippen LogP contribution in [0, 0.1) is 0 Å². The van der Waals surface area contributed by atoms with Crippen molar-refractivity contribution in [1.29, 1.82) is 0 Å². The Hall–Kier alpha value is -0.680. The van der Waals surface area contributed by atoms with Crippen molar-refractivity contribution in [2.75, 3.05) is 0 Å². The molecule has 0 radical (unpaired) electrons. The summed E-state index contributed by atoms with van der Waals surface area (Å²) < 4.78 is 1.30. The zero-order valence-electron chi connectivity index (χ0n) is 6.34. The van der Waals surface area contributed by atoms with Gasteiger partial charge in [-0.2, -0.15) is 0 Å². The first-order chi connectivity index (χ1) is 6.20. The Kier molecular flexibility index (Phi) is 2.21. The van der Waals surface area contributed by atoms with Crippen LogP contribution in [0.4, 0.5) is 0 Å². The number of hydrogen-bond acceptors (Lipinski definition) is 2. The van der Waals surface area contributed by atoms with Crippen LogP contribution in [0.2, 0.25) is 0 Å². The van der Waals surface area contributed by atoms with Gasteiger partial charge in [-0.15, -0.1) is 0 Å². The van der Waals surface area contributed by atoms with Crippen molar-refractivity contribution in [2.45, 2.75) is 0 Å². The molecule has 2 aromatic heterocycles. The van der Waals surface area contributed by atoms with Gasteiger partial charge in [0.2, 0.25) is 5.43 Å². The molecule has 13 heavy (non-hydrogen) atoms. The summed E-state index contributed by atoms with van der Waals surface area (Å²) in [5, 5.41) is 0.573. The molecule has 0 aromatic carbocycles. The van der Waals surface area contributed by atoms with E-state index >= 15 is 0 Å². The molecule has 2 rings (SSSR count). The van der Waals surface area contributed by atoms with Crippen LogP contribution in [-0.2, 0) is 0 Å². The van der Waals surface area contributed by atoms with Gasteiger partial charge in [0.1, 0.15) is 0 Å². The molecule has 0 aliphatic carbocycles. The van der Waals surface area contributed by atoms with Crippen LogP contribution in [0.25, 0.3) is 10.9 Å². The number of H-pyrrole nitrogens is 1. The summed E-state index contributed by atoms with van der Waals surface area (Å²) in [7, 11) is 0. The van der Waals surface area contributed by atoms with Crippen LogP contribution in [0.15, 0.2) is 32.3 Å². The largest absolute Gasteiger partial charge is 0.359 e. The minimum atomic E-state index is -0.0532. The van der Waals surface area contributed by atoms with Crippen LogP contribution >= 0.6 is 31.9 Å². The highest BCUT2D eigenvalue weighted by Gasteiger charge is 2.04. The van der Waals surface area contributed by atoms with Gasteiger partial charge in [0.25, 0.3) is 0 Å². The molecule has 0 aliphatic rings. The van der Waals surface area contributed by atoms with E-state index in [1.54, 1.807) is 18.6 Å². The maximum absolute atomic E-state index is 11.6. The molecule has 5 heteroatoms. The van der Waals surface area contributed by atoms with Gasteiger partial charge in [0.15, 0.2) is 0 Å². The number of aromatic amines is 1. The van der Waals surface area contributed by atoms with Crippen molar-refractivity contribution in [3.8, 4) is 0 Å². The smallest absolute Gasteiger partial charge is 0.205 e. The van der Waals surface area contributed by atoms with Crippen molar-refractivity contribution in [1.82, 2.24) is 9.97 Å². The van der Waals surface area contributed by atoms with Gasteiger partial charge in [0.05, 0.1) is 19.8 Å². The molecule has 0 amide bonds. The molecule has 0 atom stereocenters. The summed E-state index contributed by atoms with van der Waals surface area (Å²) in [6.45, 7) is 0. The monoisotopic (exact) mass is 302 g/mol. The van der Waals surface area contributed by atoms with Crippen molar-refractivity contribution in [3.63, 3.8) is 0 Å². The molecule has 2 heterocycles. The van der Waals surface area contributed by atoms with Gasteiger partial charge >= 0.3 is 0 Å². The summed E-state index contributed by atoms with van der Waals surface area (Å²) >= 11 is 6.46. The number of rotatable bonds is 0. The molecule has 0 spiro atoms. The second-order valence-corrected chi connectivity index (χ2v) is 4.22. The van der Waals surface area contributed by atoms with E-state index in [1.807, 2.05) is 0 Å². The van der Waals surface area contributed by atoms with E-state index < -0.39 is 0 Å². The number of hydrogen-bond donors (Lipinski definition) is 1. The molecule has 0 saturated heterocycles. The van der Waals surface area contributed by atoms with Gasteiger partial charge in [0, 0.05) is 18.6 Å². The minimum Gasteiger partial charge on any atom is -0.359 e. The number of halogens is 2. The van der Waals surface area contributed by atoms with Crippen LogP contribution in [0.1, 0.15) is 0 Å². The van der Waals surface area contributed by atoms with E-state index in [4.69, 9.17) is 0 Å². The first-order valence-electron chi connectivity index (χ1n) is 3.50. The van der Waals surface area contributed by atoms with E-state index in [-0.39, 0.29) is 5.43 Å². The normalized spacial score (nSPS) is 10.6.